The number of aromatic nitrogens is 2. The van der Waals surface area contributed by atoms with E-state index in [1.807, 2.05) is 55.4 Å². The fraction of sp³-hybridized carbons (Fsp3) is 0.450. The maximum absolute atomic E-state index is 12.7. The van der Waals surface area contributed by atoms with Gasteiger partial charge in [-0.3, -0.25) is 4.79 Å². The van der Waals surface area contributed by atoms with Gasteiger partial charge in [0.2, 0.25) is 0 Å². The van der Waals surface area contributed by atoms with Crippen LogP contribution < -0.4 is 10.2 Å². The molecule has 27 heavy (non-hydrogen) atoms. The maximum atomic E-state index is 12.7. The van der Waals surface area contributed by atoms with E-state index in [0.717, 1.165) is 44.1 Å². The van der Waals surface area contributed by atoms with Gasteiger partial charge < -0.3 is 20.0 Å². The van der Waals surface area contributed by atoms with Gasteiger partial charge in [-0.1, -0.05) is 30.3 Å². The van der Waals surface area contributed by atoms with E-state index in [0.29, 0.717) is 18.1 Å². The molecule has 2 heterocycles. The van der Waals surface area contributed by atoms with Crippen LogP contribution in [0.4, 0.5) is 5.82 Å². The zero-order valence-corrected chi connectivity index (χ0v) is 16.4. The average molecular weight is 368 g/mol. The molecule has 1 aromatic carbocycles. The van der Waals surface area contributed by atoms with Gasteiger partial charge in [0.1, 0.15) is 11.5 Å². The average Bonchev–Trinajstić information content (AvgIpc) is 2.68. The van der Waals surface area contributed by atoms with Gasteiger partial charge in [-0.25, -0.2) is 9.97 Å². The van der Waals surface area contributed by atoms with Crippen LogP contribution in [0.5, 0.6) is 0 Å². The number of hydrogen-bond donors (Lipinski definition) is 1. The Kier molecular flexibility index (Phi) is 6.36. The standard InChI is InChI=1S/C20H28N6O/c1-24(2)10-9-21-20(27)17-15-18(26-13-11-25(3)12-14-26)23-19(22-17)16-7-5-4-6-8-16/h4-8,15H,9-14H2,1-3H3,(H,21,27). The summed E-state index contributed by atoms with van der Waals surface area (Å²) in [6.07, 6.45) is 0. The maximum Gasteiger partial charge on any atom is 0.270 e. The molecule has 0 aliphatic carbocycles. The molecule has 0 saturated carbocycles. The molecule has 7 nitrogen and oxygen atoms in total. The molecule has 1 aliphatic heterocycles. The number of rotatable bonds is 6. The second-order valence-corrected chi connectivity index (χ2v) is 7.15. The summed E-state index contributed by atoms with van der Waals surface area (Å²) in [6, 6.07) is 11.6. The lowest BCUT2D eigenvalue weighted by Gasteiger charge is -2.33. The Balaban J connectivity index is 1.87. The van der Waals surface area contributed by atoms with E-state index in [1.54, 1.807) is 0 Å². The lowest BCUT2D eigenvalue weighted by molar-refractivity contribution is 0.0946. The van der Waals surface area contributed by atoms with Crippen LogP contribution in [-0.2, 0) is 0 Å². The summed E-state index contributed by atoms with van der Waals surface area (Å²) in [4.78, 5) is 28.5. The van der Waals surface area contributed by atoms with Crippen molar-refractivity contribution in [3.05, 3.63) is 42.1 Å². The number of benzene rings is 1. The molecule has 0 spiro atoms. The Hall–Kier alpha value is -2.51. The molecule has 0 unspecified atom stereocenters. The minimum absolute atomic E-state index is 0.160. The summed E-state index contributed by atoms with van der Waals surface area (Å²) in [6.45, 7) is 5.12. The van der Waals surface area contributed by atoms with E-state index in [4.69, 9.17) is 4.98 Å². The smallest absolute Gasteiger partial charge is 0.270 e. The lowest BCUT2D eigenvalue weighted by Crippen LogP contribution is -2.45. The zero-order chi connectivity index (χ0) is 19.2. The van der Waals surface area contributed by atoms with Gasteiger partial charge in [-0.2, -0.15) is 0 Å². The fourth-order valence-electron chi connectivity index (χ4n) is 2.95. The van der Waals surface area contributed by atoms with Gasteiger partial charge in [0.05, 0.1) is 0 Å². The first-order valence-electron chi connectivity index (χ1n) is 9.34. The van der Waals surface area contributed by atoms with Crippen molar-refractivity contribution in [3.8, 4) is 11.4 Å². The minimum atomic E-state index is -0.160. The van der Waals surface area contributed by atoms with Crippen molar-refractivity contribution in [2.24, 2.45) is 0 Å². The summed E-state index contributed by atoms with van der Waals surface area (Å²) in [7, 11) is 6.09. The third-order valence-corrected chi connectivity index (χ3v) is 4.65. The van der Waals surface area contributed by atoms with Crippen molar-refractivity contribution < 1.29 is 4.79 Å². The molecule has 1 N–H and O–H groups in total. The summed E-state index contributed by atoms with van der Waals surface area (Å²) in [5.74, 6) is 1.24. The Labute approximate surface area is 161 Å². The predicted molar refractivity (Wildman–Crippen MR) is 108 cm³/mol. The van der Waals surface area contributed by atoms with Gasteiger partial charge in [-0.05, 0) is 21.1 Å². The predicted octanol–water partition coefficient (Wildman–Crippen LogP) is 1.19. The molecule has 1 fully saturated rings. The number of nitrogens with one attached hydrogen (secondary N) is 1. The lowest BCUT2D eigenvalue weighted by atomic mass is 10.2. The van der Waals surface area contributed by atoms with E-state index >= 15 is 0 Å². The SMILES string of the molecule is CN(C)CCNC(=O)c1cc(N2CCN(C)CC2)nc(-c2ccccc2)n1. The monoisotopic (exact) mass is 368 g/mol. The van der Waals surface area contributed by atoms with Crippen molar-refractivity contribution >= 4 is 11.7 Å². The van der Waals surface area contributed by atoms with Gasteiger partial charge >= 0.3 is 0 Å². The summed E-state index contributed by atoms with van der Waals surface area (Å²) < 4.78 is 0. The van der Waals surface area contributed by atoms with Gasteiger partial charge in [0.25, 0.3) is 5.91 Å². The third-order valence-electron chi connectivity index (χ3n) is 4.65. The highest BCUT2D eigenvalue weighted by Crippen LogP contribution is 2.21. The van der Waals surface area contributed by atoms with E-state index in [9.17, 15) is 4.79 Å². The van der Waals surface area contributed by atoms with E-state index in [-0.39, 0.29) is 5.91 Å². The summed E-state index contributed by atoms with van der Waals surface area (Å²) >= 11 is 0. The third kappa shape index (κ3) is 5.24. The number of carbonyl (C=O) groups is 1. The molecule has 3 rings (SSSR count). The normalized spacial score (nSPS) is 15.2. The molecule has 1 aliphatic rings. The van der Waals surface area contributed by atoms with E-state index in [2.05, 4.69) is 27.1 Å². The van der Waals surface area contributed by atoms with Gasteiger partial charge in [0, 0.05) is 50.9 Å². The molecule has 7 heteroatoms. The Morgan fingerprint density at radius 1 is 1.11 bits per heavy atom. The highest BCUT2D eigenvalue weighted by molar-refractivity contribution is 5.93. The van der Waals surface area contributed by atoms with Crippen molar-refractivity contribution in [2.75, 3.05) is 65.3 Å². The Morgan fingerprint density at radius 2 is 1.81 bits per heavy atom. The molecule has 144 valence electrons. The first-order chi connectivity index (χ1) is 13.0. The first-order valence-corrected chi connectivity index (χ1v) is 9.34. The molecule has 0 radical (unpaired) electrons. The molecule has 0 bridgehead atoms. The zero-order valence-electron chi connectivity index (χ0n) is 16.4. The summed E-state index contributed by atoms with van der Waals surface area (Å²) in [5.41, 5.74) is 1.33. The number of carbonyl (C=O) groups excluding carboxylic acids is 1. The van der Waals surface area contributed by atoms with Crippen molar-refractivity contribution in [1.29, 1.82) is 0 Å². The molecule has 1 aromatic heterocycles. The van der Waals surface area contributed by atoms with E-state index < -0.39 is 0 Å². The van der Waals surface area contributed by atoms with Crippen LogP contribution in [0.25, 0.3) is 11.4 Å². The van der Waals surface area contributed by atoms with Crippen LogP contribution in [-0.4, -0.2) is 86.1 Å². The topological polar surface area (TPSA) is 64.6 Å². The van der Waals surface area contributed by atoms with Crippen LogP contribution in [0, 0.1) is 0 Å². The molecule has 1 saturated heterocycles. The Morgan fingerprint density at radius 3 is 2.48 bits per heavy atom. The number of amides is 1. The second kappa shape index (κ2) is 8.92. The largest absolute Gasteiger partial charge is 0.354 e. The first kappa shape index (κ1) is 19.3. The summed E-state index contributed by atoms with van der Waals surface area (Å²) in [5, 5.41) is 2.95. The second-order valence-electron chi connectivity index (χ2n) is 7.15. The molecule has 2 aromatic rings. The van der Waals surface area contributed by atoms with Crippen LogP contribution in [0.15, 0.2) is 36.4 Å². The molecular weight excluding hydrogens is 340 g/mol. The Bertz CT molecular complexity index is 756. The highest BCUT2D eigenvalue weighted by Gasteiger charge is 2.19. The number of nitrogens with zero attached hydrogens (tertiary/aromatic N) is 5. The molecule has 0 atom stereocenters. The number of piperazine rings is 1. The number of anilines is 1. The van der Waals surface area contributed by atoms with Crippen molar-refractivity contribution in [2.45, 2.75) is 0 Å². The van der Waals surface area contributed by atoms with Crippen LogP contribution >= 0.6 is 0 Å². The van der Waals surface area contributed by atoms with Crippen molar-refractivity contribution in [1.82, 2.24) is 25.1 Å². The minimum Gasteiger partial charge on any atom is -0.354 e. The van der Waals surface area contributed by atoms with Crippen LogP contribution in [0.3, 0.4) is 0 Å². The number of likely N-dealkylation sites (N-methyl/N-ethyl adjacent to an activating group) is 2. The van der Waals surface area contributed by atoms with Gasteiger partial charge in [0.15, 0.2) is 5.82 Å². The van der Waals surface area contributed by atoms with Gasteiger partial charge in [-0.15, -0.1) is 0 Å². The fourth-order valence-corrected chi connectivity index (χ4v) is 2.95. The number of hydrogen-bond acceptors (Lipinski definition) is 6. The van der Waals surface area contributed by atoms with Crippen molar-refractivity contribution in [3.63, 3.8) is 0 Å². The quantitative estimate of drug-likeness (QED) is 0.826. The van der Waals surface area contributed by atoms with E-state index in [1.165, 1.54) is 0 Å². The highest BCUT2D eigenvalue weighted by atomic mass is 16.1. The molecule has 1 amide bonds. The molecular formula is C20H28N6O. The van der Waals surface area contributed by atoms with Crippen LogP contribution in [0.2, 0.25) is 0 Å². The van der Waals surface area contributed by atoms with Crippen LogP contribution in [0.1, 0.15) is 10.5 Å².